The number of hydrogen-bond donors (Lipinski definition) is 2. The standard InChI is InChI=1S/C9H9ClN6OS/c1-4-3-5(17)13-8(12-4)18-9-15-6(10)14-7(11-2)16-9/h3H,1-2H3,(H,12,13,17)(H,11,14,15,16). The van der Waals surface area contributed by atoms with Crippen LogP contribution in [0.1, 0.15) is 5.69 Å². The SMILES string of the molecule is CNc1nc(Cl)nc(Sc2nc(C)cc(=O)[nH]2)n1. The Bertz CT molecular complexity index is 631. The molecule has 0 aromatic carbocycles. The summed E-state index contributed by atoms with van der Waals surface area (Å²) >= 11 is 6.86. The average Bonchev–Trinajstić information content (AvgIpc) is 2.26. The molecular formula is C9H9ClN6OS. The second kappa shape index (κ2) is 5.32. The van der Waals surface area contributed by atoms with Gasteiger partial charge < -0.3 is 10.3 Å². The van der Waals surface area contributed by atoms with Crippen molar-refractivity contribution in [2.75, 3.05) is 12.4 Å². The van der Waals surface area contributed by atoms with Crippen LogP contribution in [0.15, 0.2) is 21.2 Å². The zero-order valence-corrected chi connectivity index (χ0v) is 11.1. The number of rotatable bonds is 3. The lowest BCUT2D eigenvalue weighted by Gasteiger charge is -2.02. The first kappa shape index (κ1) is 12.8. The van der Waals surface area contributed by atoms with Crippen LogP contribution in [0, 0.1) is 6.92 Å². The number of anilines is 1. The minimum Gasteiger partial charge on any atom is -0.357 e. The third-order valence-electron chi connectivity index (χ3n) is 1.85. The van der Waals surface area contributed by atoms with Crippen LogP contribution in [0.2, 0.25) is 5.28 Å². The minimum atomic E-state index is -0.223. The second-order valence-corrected chi connectivity index (χ2v) is 4.55. The monoisotopic (exact) mass is 284 g/mol. The first-order valence-electron chi connectivity index (χ1n) is 4.92. The Labute approximate surface area is 111 Å². The average molecular weight is 285 g/mol. The van der Waals surface area contributed by atoms with E-state index in [0.29, 0.717) is 22.0 Å². The molecule has 0 spiro atoms. The van der Waals surface area contributed by atoms with Gasteiger partial charge in [0.15, 0.2) is 5.16 Å². The molecule has 0 saturated heterocycles. The van der Waals surface area contributed by atoms with E-state index < -0.39 is 0 Å². The number of aromatic nitrogens is 5. The van der Waals surface area contributed by atoms with E-state index in [9.17, 15) is 4.79 Å². The topological polar surface area (TPSA) is 96.5 Å². The molecule has 0 saturated carbocycles. The maximum absolute atomic E-state index is 11.3. The highest BCUT2D eigenvalue weighted by atomic mass is 35.5. The minimum absolute atomic E-state index is 0.0758. The molecule has 0 amide bonds. The van der Waals surface area contributed by atoms with Crippen molar-refractivity contribution in [2.24, 2.45) is 0 Å². The molecule has 0 aliphatic rings. The highest BCUT2D eigenvalue weighted by Gasteiger charge is 2.08. The lowest BCUT2D eigenvalue weighted by molar-refractivity contribution is 0.874. The molecule has 94 valence electrons. The molecule has 0 fully saturated rings. The summed E-state index contributed by atoms with van der Waals surface area (Å²) in [6.45, 7) is 1.73. The van der Waals surface area contributed by atoms with Gasteiger partial charge in [-0.1, -0.05) is 0 Å². The van der Waals surface area contributed by atoms with Crippen molar-refractivity contribution in [1.29, 1.82) is 0 Å². The van der Waals surface area contributed by atoms with Gasteiger partial charge in [-0.15, -0.1) is 0 Å². The van der Waals surface area contributed by atoms with Crippen molar-refractivity contribution in [2.45, 2.75) is 17.2 Å². The van der Waals surface area contributed by atoms with Crippen molar-refractivity contribution < 1.29 is 0 Å². The molecule has 0 bridgehead atoms. The number of H-pyrrole nitrogens is 1. The van der Waals surface area contributed by atoms with Crippen molar-refractivity contribution in [3.05, 3.63) is 27.4 Å². The number of aromatic amines is 1. The maximum Gasteiger partial charge on any atom is 0.251 e. The quantitative estimate of drug-likeness (QED) is 0.815. The van der Waals surface area contributed by atoms with Gasteiger partial charge in [-0.2, -0.15) is 15.0 Å². The largest absolute Gasteiger partial charge is 0.357 e. The van der Waals surface area contributed by atoms with Crippen LogP contribution in [0.5, 0.6) is 0 Å². The van der Waals surface area contributed by atoms with Gasteiger partial charge >= 0.3 is 0 Å². The smallest absolute Gasteiger partial charge is 0.251 e. The van der Waals surface area contributed by atoms with Gasteiger partial charge in [0.2, 0.25) is 16.4 Å². The van der Waals surface area contributed by atoms with E-state index in [2.05, 4.69) is 30.2 Å². The van der Waals surface area contributed by atoms with E-state index in [1.807, 2.05) is 0 Å². The van der Waals surface area contributed by atoms with Crippen LogP contribution in [-0.2, 0) is 0 Å². The predicted octanol–water partition coefficient (Wildman–Crippen LogP) is 1.11. The number of halogens is 1. The zero-order valence-electron chi connectivity index (χ0n) is 9.56. The van der Waals surface area contributed by atoms with Crippen LogP contribution in [0.4, 0.5) is 5.95 Å². The fourth-order valence-corrected chi connectivity index (χ4v) is 2.16. The summed E-state index contributed by atoms with van der Waals surface area (Å²) in [6, 6.07) is 1.41. The number of nitrogens with one attached hydrogen (secondary N) is 2. The van der Waals surface area contributed by atoms with Gasteiger partial charge in [0.25, 0.3) is 5.56 Å². The van der Waals surface area contributed by atoms with Crippen LogP contribution < -0.4 is 10.9 Å². The van der Waals surface area contributed by atoms with Gasteiger partial charge in [-0.05, 0) is 30.3 Å². The summed E-state index contributed by atoms with van der Waals surface area (Å²) in [5.41, 5.74) is 0.397. The lowest BCUT2D eigenvalue weighted by atomic mass is 10.5. The van der Waals surface area contributed by atoms with Gasteiger partial charge in [0.05, 0.1) is 0 Å². The maximum atomic E-state index is 11.3. The van der Waals surface area contributed by atoms with Crippen LogP contribution in [-0.4, -0.2) is 32.0 Å². The first-order chi connectivity index (χ1) is 8.56. The summed E-state index contributed by atoms with van der Waals surface area (Å²) in [5, 5.41) is 3.60. The third-order valence-corrected chi connectivity index (χ3v) is 2.77. The van der Waals surface area contributed by atoms with Crippen molar-refractivity contribution in [3.8, 4) is 0 Å². The Morgan fingerprint density at radius 2 is 2.11 bits per heavy atom. The zero-order chi connectivity index (χ0) is 13.1. The third kappa shape index (κ3) is 3.17. The highest BCUT2D eigenvalue weighted by Crippen LogP contribution is 2.21. The Balaban J connectivity index is 2.33. The van der Waals surface area contributed by atoms with Crippen LogP contribution >= 0.6 is 23.4 Å². The Morgan fingerprint density at radius 1 is 1.33 bits per heavy atom. The van der Waals surface area contributed by atoms with E-state index >= 15 is 0 Å². The van der Waals surface area contributed by atoms with E-state index in [4.69, 9.17) is 11.6 Å². The molecule has 0 atom stereocenters. The molecule has 0 aliphatic heterocycles. The Morgan fingerprint density at radius 3 is 2.78 bits per heavy atom. The van der Waals surface area contributed by atoms with Crippen LogP contribution in [0.3, 0.4) is 0 Å². The fourth-order valence-electron chi connectivity index (χ4n) is 1.18. The van der Waals surface area contributed by atoms with E-state index in [0.717, 1.165) is 11.8 Å². The number of aryl methyl sites for hydroxylation is 1. The van der Waals surface area contributed by atoms with E-state index in [-0.39, 0.29) is 10.8 Å². The molecule has 2 rings (SSSR count). The van der Waals surface area contributed by atoms with Gasteiger partial charge in [-0.25, -0.2) is 4.98 Å². The van der Waals surface area contributed by atoms with E-state index in [1.54, 1.807) is 14.0 Å². The lowest BCUT2D eigenvalue weighted by Crippen LogP contribution is -2.08. The fraction of sp³-hybridized carbons (Fsp3) is 0.222. The van der Waals surface area contributed by atoms with Gasteiger partial charge in [0.1, 0.15) is 0 Å². The van der Waals surface area contributed by atoms with Crippen molar-refractivity contribution in [3.63, 3.8) is 0 Å². The summed E-state index contributed by atoms with van der Waals surface area (Å²) < 4.78 is 0. The molecule has 7 nitrogen and oxygen atoms in total. The first-order valence-corrected chi connectivity index (χ1v) is 6.11. The highest BCUT2D eigenvalue weighted by molar-refractivity contribution is 7.99. The molecule has 0 unspecified atom stereocenters. The molecule has 2 heterocycles. The summed E-state index contributed by atoms with van der Waals surface area (Å²) in [7, 11) is 1.67. The van der Waals surface area contributed by atoms with E-state index in [1.165, 1.54) is 6.07 Å². The summed E-state index contributed by atoms with van der Waals surface area (Å²) in [5.74, 6) is 0.354. The van der Waals surface area contributed by atoms with Crippen LogP contribution in [0.25, 0.3) is 0 Å². The predicted molar refractivity (Wildman–Crippen MR) is 68.1 cm³/mol. The molecule has 0 aliphatic carbocycles. The molecule has 2 aromatic rings. The van der Waals surface area contributed by atoms with Gasteiger partial charge in [0, 0.05) is 18.8 Å². The van der Waals surface area contributed by atoms with Crippen molar-refractivity contribution >= 4 is 29.3 Å². The van der Waals surface area contributed by atoms with Gasteiger partial charge in [-0.3, -0.25) is 4.79 Å². The van der Waals surface area contributed by atoms with Crippen molar-refractivity contribution in [1.82, 2.24) is 24.9 Å². The number of hydrogen-bond acceptors (Lipinski definition) is 7. The molecule has 2 aromatic heterocycles. The summed E-state index contributed by atoms with van der Waals surface area (Å²) in [6.07, 6.45) is 0. The molecular weight excluding hydrogens is 276 g/mol. The molecule has 2 N–H and O–H groups in total. The summed E-state index contributed by atoms with van der Waals surface area (Å²) in [4.78, 5) is 29.9. The normalized spacial score (nSPS) is 10.4. The molecule has 0 radical (unpaired) electrons. The molecule has 9 heteroatoms. The molecule has 18 heavy (non-hydrogen) atoms. The Kier molecular flexibility index (Phi) is 3.78. The Hall–Kier alpha value is -1.67. The second-order valence-electron chi connectivity index (χ2n) is 3.25. The number of nitrogens with zero attached hydrogens (tertiary/aromatic N) is 4.